The number of hydrazone groups is 1. The number of amidine groups is 1. The summed E-state index contributed by atoms with van der Waals surface area (Å²) in [5.74, 6) is -0.183. The summed E-state index contributed by atoms with van der Waals surface area (Å²) >= 11 is 0. The van der Waals surface area contributed by atoms with E-state index in [2.05, 4.69) is 63.3 Å². The summed E-state index contributed by atoms with van der Waals surface area (Å²) in [6, 6.07) is 10.2. The molecule has 1 aromatic rings. The maximum absolute atomic E-state index is 12.4. The summed E-state index contributed by atoms with van der Waals surface area (Å²) in [4.78, 5) is 12.4. The van der Waals surface area contributed by atoms with E-state index in [0.717, 1.165) is 18.4 Å². The second-order valence-electron chi connectivity index (χ2n) is 10.1. The fourth-order valence-corrected chi connectivity index (χ4v) is 5.41. The van der Waals surface area contributed by atoms with E-state index >= 15 is 0 Å². The lowest BCUT2D eigenvalue weighted by Gasteiger charge is -2.41. The van der Waals surface area contributed by atoms with E-state index in [1.165, 1.54) is 0 Å². The van der Waals surface area contributed by atoms with Crippen molar-refractivity contribution < 1.29 is 18.7 Å². The third-order valence-corrected chi connectivity index (χ3v) is 11.3. The summed E-state index contributed by atoms with van der Waals surface area (Å²) in [5, 5.41) is 10.00. The van der Waals surface area contributed by atoms with E-state index in [1.54, 1.807) is 6.92 Å². The fraction of sp³-hybridized carbons (Fsp3) is 0.667. The Labute approximate surface area is 193 Å². The molecule has 8 heteroatoms. The Balaban J connectivity index is 1.81. The van der Waals surface area contributed by atoms with E-state index in [0.29, 0.717) is 13.2 Å². The lowest BCUT2D eigenvalue weighted by molar-refractivity contribution is -0.135. The number of rotatable bonds is 9. The van der Waals surface area contributed by atoms with Crippen LogP contribution in [0.25, 0.3) is 0 Å². The largest absolute Gasteiger partial charge is 0.460 e. The van der Waals surface area contributed by atoms with Gasteiger partial charge in [-0.05, 0) is 37.0 Å². The molecular formula is C24H39N3O4Si. The van der Waals surface area contributed by atoms with Gasteiger partial charge in [-0.1, -0.05) is 58.0 Å². The molecule has 2 aliphatic rings. The molecule has 1 aromatic carbocycles. The first kappa shape index (κ1) is 24.7. The van der Waals surface area contributed by atoms with E-state index < -0.39 is 14.3 Å². The Morgan fingerprint density at radius 1 is 1.25 bits per heavy atom. The minimum Gasteiger partial charge on any atom is -0.460 e. The molecule has 4 atom stereocenters. The number of ether oxygens (including phenoxy) is 2. The first-order chi connectivity index (χ1) is 15.1. The van der Waals surface area contributed by atoms with Crippen molar-refractivity contribution in [1.82, 2.24) is 10.3 Å². The predicted octanol–water partition coefficient (Wildman–Crippen LogP) is 4.25. The average molecular weight is 462 g/mol. The number of benzene rings is 1. The van der Waals surface area contributed by atoms with Gasteiger partial charge in [0.15, 0.2) is 8.32 Å². The van der Waals surface area contributed by atoms with Gasteiger partial charge in [-0.15, -0.1) is 5.10 Å². The molecular weight excluding hydrogens is 422 g/mol. The molecule has 0 aliphatic carbocycles. The van der Waals surface area contributed by atoms with Crippen LogP contribution < -0.4 is 5.32 Å². The van der Waals surface area contributed by atoms with Crippen molar-refractivity contribution in [2.75, 3.05) is 6.61 Å². The Morgan fingerprint density at radius 3 is 2.53 bits per heavy atom. The van der Waals surface area contributed by atoms with Gasteiger partial charge in [0.1, 0.15) is 12.3 Å². The monoisotopic (exact) mass is 461 g/mol. The Bertz CT molecular complexity index is 809. The highest BCUT2D eigenvalue weighted by atomic mass is 28.4. The van der Waals surface area contributed by atoms with Crippen LogP contribution in [0.2, 0.25) is 18.1 Å². The fourth-order valence-electron chi connectivity index (χ4n) is 3.98. The van der Waals surface area contributed by atoms with Gasteiger partial charge in [0.05, 0.1) is 25.4 Å². The van der Waals surface area contributed by atoms with E-state index in [9.17, 15) is 4.79 Å². The van der Waals surface area contributed by atoms with Crippen LogP contribution in [-0.4, -0.2) is 56.2 Å². The third-order valence-electron chi connectivity index (χ3n) is 6.81. The van der Waals surface area contributed by atoms with Crippen LogP contribution in [0.5, 0.6) is 0 Å². The van der Waals surface area contributed by atoms with Crippen molar-refractivity contribution in [1.29, 1.82) is 0 Å². The quantitative estimate of drug-likeness (QED) is 0.438. The van der Waals surface area contributed by atoms with Gasteiger partial charge in [0.2, 0.25) is 5.84 Å². The van der Waals surface area contributed by atoms with Gasteiger partial charge in [0.25, 0.3) is 0 Å². The summed E-state index contributed by atoms with van der Waals surface area (Å²) in [6.45, 7) is 16.1. The van der Waals surface area contributed by atoms with Gasteiger partial charge in [0, 0.05) is 6.42 Å². The van der Waals surface area contributed by atoms with Crippen molar-refractivity contribution in [2.45, 2.75) is 96.6 Å². The molecule has 2 aliphatic heterocycles. The summed E-state index contributed by atoms with van der Waals surface area (Å²) in [6.07, 6.45) is 1.34. The summed E-state index contributed by atoms with van der Waals surface area (Å²) < 4.78 is 18.3. The van der Waals surface area contributed by atoms with Gasteiger partial charge < -0.3 is 19.2 Å². The predicted molar refractivity (Wildman–Crippen MR) is 129 cm³/mol. The number of nitrogens with zero attached hydrogens (tertiary/aromatic N) is 2. The maximum atomic E-state index is 12.4. The Kier molecular flexibility index (Phi) is 7.67. The Morgan fingerprint density at radius 2 is 1.94 bits per heavy atom. The average Bonchev–Trinajstić information content (AvgIpc) is 3.31. The molecule has 1 saturated heterocycles. The highest BCUT2D eigenvalue weighted by Gasteiger charge is 2.51. The highest BCUT2D eigenvalue weighted by molar-refractivity contribution is 6.74. The molecule has 4 unspecified atom stereocenters. The molecule has 0 bridgehead atoms. The van der Waals surface area contributed by atoms with Crippen molar-refractivity contribution in [2.24, 2.45) is 5.10 Å². The molecule has 2 heterocycles. The maximum Gasteiger partial charge on any atom is 0.375 e. The summed E-state index contributed by atoms with van der Waals surface area (Å²) in [5.41, 5.74) is 1.12. The topological polar surface area (TPSA) is 72.4 Å². The molecule has 1 fully saturated rings. The molecule has 0 radical (unpaired) electrons. The number of fused-ring (bicyclic) bond motifs is 1. The number of hydrogen-bond donors (Lipinski definition) is 1. The van der Waals surface area contributed by atoms with Crippen LogP contribution in [0.3, 0.4) is 0 Å². The SMILES string of the molecule is CCOC(=O)C1=NN2C(C(CC)O[Si](C)(C)C(C)(C)C)CC(OCc3ccccc3)C2N1. The van der Waals surface area contributed by atoms with Gasteiger partial charge >= 0.3 is 5.97 Å². The van der Waals surface area contributed by atoms with Gasteiger partial charge in [-0.3, -0.25) is 5.01 Å². The van der Waals surface area contributed by atoms with Gasteiger partial charge in [-0.2, -0.15) is 0 Å². The Hall–Kier alpha value is -1.90. The van der Waals surface area contributed by atoms with E-state index in [4.69, 9.17) is 13.9 Å². The van der Waals surface area contributed by atoms with Crippen LogP contribution in [-0.2, 0) is 25.3 Å². The van der Waals surface area contributed by atoms with Gasteiger partial charge in [-0.25, -0.2) is 4.79 Å². The zero-order chi connectivity index (χ0) is 23.5. The lowest BCUT2D eigenvalue weighted by atomic mass is 10.1. The van der Waals surface area contributed by atoms with Crippen LogP contribution in [0.1, 0.15) is 53.0 Å². The zero-order valence-electron chi connectivity index (χ0n) is 20.6. The molecule has 0 aromatic heterocycles. The van der Waals surface area contributed by atoms with E-state index in [1.807, 2.05) is 23.2 Å². The molecule has 1 N–H and O–H groups in total. The first-order valence-corrected chi connectivity index (χ1v) is 14.6. The highest BCUT2D eigenvalue weighted by Crippen LogP contribution is 2.40. The molecule has 0 saturated carbocycles. The van der Waals surface area contributed by atoms with Crippen LogP contribution in [0.15, 0.2) is 35.4 Å². The second kappa shape index (κ2) is 9.93. The molecule has 178 valence electrons. The lowest BCUT2D eigenvalue weighted by Crippen LogP contribution is -2.50. The van der Waals surface area contributed by atoms with Crippen molar-refractivity contribution in [3.8, 4) is 0 Å². The van der Waals surface area contributed by atoms with E-state index in [-0.39, 0.29) is 35.3 Å². The molecule has 32 heavy (non-hydrogen) atoms. The molecule has 0 amide bonds. The third kappa shape index (κ3) is 5.35. The van der Waals surface area contributed by atoms with Crippen LogP contribution >= 0.6 is 0 Å². The normalized spacial score (nSPS) is 24.0. The molecule has 3 rings (SSSR count). The smallest absolute Gasteiger partial charge is 0.375 e. The first-order valence-electron chi connectivity index (χ1n) is 11.7. The van der Waals surface area contributed by atoms with Crippen molar-refractivity contribution in [3.05, 3.63) is 35.9 Å². The number of esters is 1. The number of nitrogens with one attached hydrogen (secondary N) is 1. The van der Waals surface area contributed by atoms with Crippen LogP contribution in [0, 0.1) is 0 Å². The summed E-state index contributed by atoms with van der Waals surface area (Å²) in [7, 11) is -1.97. The number of carbonyl (C=O) groups is 1. The zero-order valence-corrected chi connectivity index (χ0v) is 21.6. The minimum absolute atomic E-state index is 0.0100. The standard InChI is InChI=1S/C24H39N3O4Si/c1-8-19(31-32(6,7)24(3,4)5)18-15-20(30-16-17-13-11-10-12-14-17)22-25-21(26-27(18)22)23(28)29-9-2/h10-14,18-20,22H,8-9,15-16H2,1-7H3,(H,25,26). The number of carbonyl (C=O) groups excluding carboxylic acids is 1. The number of hydrogen-bond acceptors (Lipinski definition) is 7. The van der Waals surface area contributed by atoms with Crippen molar-refractivity contribution >= 4 is 20.1 Å². The minimum atomic E-state index is -1.97. The molecule has 7 nitrogen and oxygen atoms in total. The second-order valence-corrected chi connectivity index (χ2v) is 14.9. The van der Waals surface area contributed by atoms with Crippen LogP contribution in [0.4, 0.5) is 0 Å². The van der Waals surface area contributed by atoms with Crippen molar-refractivity contribution in [3.63, 3.8) is 0 Å². The molecule has 0 spiro atoms.